The van der Waals surface area contributed by atoms with Gasteiger partial charge in [0.25, 0.3) is 0 Å². The summed E-state index contributed by atoms with van der Waals surface area (Å²) in [6.45, 7) is 0. The highest BCUT2D eigenvalue weighted by atomic mass is 79.9. The van der Waals surface area contributed by atoms with Crippen LogP contribution in [0.1, 0.15) is 0 Å². The first-order valence-electron chi connectivity index (χ1n) is 4.11. The zero-order valence-electron chi connectivity index (χ0n) is 7.42. The molecule has 0 saturated heterocycles. The maximum Gasteiger partial charge on any atom is 0.141 e. The summed E-state index contributed by atoms with van der Waals surface area (Å²) >= 11 is 15.4. The first kappa shape index (κ1) is 10.9. The summed E-state index contributed by atoms with van der Waals surface area (Å²) in [6, 6.07) is 7.63. The Hall–Kier alpha value is -0.640. The van der Waals surface area contributed by atoms with Gasteiger partial charge >= 0.3 is 0 Å². The van der Waals surface area contributed by atoms with Crippen LogP contribution in [0.3, 0.4) is 0 Å². The number of hydrogen-bond donors (Lipinski definition) is 0. The lowest BCUT2D eigenvalue weighted by atomic mass is 10.1. The SMILES string of the molecule is Clc1ncnc(Cl)c1-c1ccccc1Br. The van der Waals surface area contributed by atoms with Crippen LogP contribution < -0.4 is 0 Å². The third-order valence-corrected chi connectivity index (χ3v) is 3.16. The fraction of sp³-hybridized carbons (Fsp3) is 0. The number of aromatic nitrogens is 2. The van der Waals surface area contributed by atoms with Gasteiger partial charge in [-0.25, -0.2) is 9.97 Å². The van der Waals surface area contributed by atoms with E-state index in [0.717, 1.165) is 10.0 Å². The molecule has 0 bridgehead atoms. The standard InChI is InChI=1S/C10H5BrCl2N2/c11-7-4-2-1-3-6(7)8-9(12)14-5-15-10(8)13/h1-5H. The molecule has 0 radical (unpaired) electrons. The molecule has 15 heavy (non-hydrogen) atoms. The lowest BCUT2D eigenvalue weighted by Gasteiger charge is -2.06. The van der Waals surface area contributed by atoms with E-state index in [4.69, 9.17) is 23.2 Å². The highest BCUT2D eigenvalue weighted by Gasteiger charge is 2.12. The Morgan fingerprint density at radius 3 is 2.20 bits per heavy atom. The topological polar surface area (TPSA) is 25.8 Å². The molecule has 2 nitrogen and oxygen atoms in total. The Morgan fingerprint density at radius 1 is 1.00 bits per heavy atom. The van der Waals surface area contributed by atoms with E-state index in [1.54, 1.807) is 0 Å². The predicted molar refractivity (Wildman–Crippen MR) is 65.2 cm³/mol. The molecule has 76 valence electrons. The molecule has 0 unspecified atom stereocenters. The number of benzene rings is 1. The molecule has 0 atom stereocenters. The van der Waals surface area contributed by atoms with E-state index >= 15 is 0 Å². The van der Waals surface area contributed by atoms with E-state index < -0.39 is 0 Å². The maximum absolute atomic E-state index is 5.98. The Bertz CT molecular complexity index is 482. The second kappa shape index (κ2) is 4.47. The van der Waals surface area contributed by atoms with Crippen LogP contribution in [-0.2, 0) is 0 Å². The van der Waals surface area contributed by atoms with Gasteiger partial charge in [0.05, 0.1) is 5.56 Å². The van der Waals surface area contributed by atoms with Crippen molar-refractivity contribution in [1.29, 1.82) is 0 Å². The smallest absolute Gasteiger partial charge is 0.141 e. The van der Waals surface area contributed by atoms with Crippen LogP contribution in [0.15, 0.2) is 35.1 Å². The largest absolute Gasteiger partial charge is 0.224 e. The minimum atomic E-state index is 0.349. The molecule has 0 saturated carbocycles. The van der Waals surface area contributed by atoms with Crippen molar-refractivity contribution in [3.8, 4) is 11.1 Å². The second-order valence-corrected chi connectivity index (χ2v) is 4.38. The maximum atomic E-state index is 5.98. The number of nitrogens with zero attached hydrogens (tertiary/aromatic N) is 2. The third-order valence-electron chi connectivity index (χ3n) is 1.90. The molecule has 0 aliphatic rings. The first-order valence-corrected chi connectivity index (χ1v) is 5.66. The van der Waals surface area contributed by atoms with Gasteiger partial charge in [-0.3, -0.25) is 0 Å². The van der Waals surface area contributed by atoms with Gasteiger partial charge in [-0.15, -0.1) is 0 Å². The summed E-state index contributed by atoms with van der Waals surface area (Å²) in [5, 5.41) is 0.698. The van der Waals surface area contributed by atoms with E-state index in [0.29, 0.717) is 15.9 Å². The lowest BCUT2D eigenvalue weighted by Crippen LogP contribution is -1.88. The molecule has 0 fully saturated rings. The van der Waals surface area contributed by atoms with Crippen molar-refractivity contribution in [1.82, 2.24) is 9.97 Å². The molecule has 0 amide bonds. The van der Waals surface area contributed by atoms with Crippen molar-refractivity contribution in [2.24, 2.45) is 0 Å². The zero-order chi connectivity index (χ0) is 10.8. The summed E-state index contributed by atoms with van der Waals surface area (Å²) in [5.74, 6) is 0. The van der Waals surface area contributed by atoms with Gasteiger partial charge in [0, 0.05) is 10.0 Å². The summed E-state index contributed by atoms with van der Waals surface area (Å²) in [6.07, 6.45) is 1.34. The minimum absolute atomic E-state index is 0.349. The third kappa shape index (κ3) is 2.14. The van der Waals surface area contributed by atoms with Crippen LogP contribution in [0, 0.1) is 0 Å². The van der Waals surface area contributed by atoms with Crippen LogP contribution in [0.5, 0.6) is 0 Å². The van der Waals surface area contributed by atoms with Crippen molar-refractivity contribution >= 4 is 39.1 Å². The Kier molecular flexibility index (Phi) is 3.24. The van der Waals surface area contributed by atoms with Crippen molar-refractivity contribution in [3.63, 3.8) is 0 Å². The van der Waals surface area contributed by atoms with Gasteiger partial charge in [0.1, 0.15) is 16.6 Å². The van der Waals surface area contributed by atoms with E-state index in [1.165, 1.54) is 6.33 Å². The molecule has 0 spiro atoms. The van der Waals surface area contributed by atoms with Gasteiger partial charge in [0.2, 0.25) is 0 Å². The zero-order valence-corrected chi connectivity index (χ0v) is 10.5. The van der Waals surface area contributed by atoms with Gasteiger partial charge in [0.15, 0.2) is 0 Å². The van der Waals surface area contributed by atoms with E-state index in [9.17, 15) is 0 Å². The van der Waals surface area contributed by atoms with Gasteiger partial charge in [-0.2, -0.15) is 0 Å². The van der Waals surface area contributed by atoms with Crippen molar-refractivity contribution in [3.05, 3.63) is 45.4 Å². The van der Waals surface area contributed by atoms with Crippen LogP contribution >= 0.6 is 39.1 Å². The molecule has 0 aliphatic heterocycles. The molecule has 5 heteroatoms. The average Bonchev–Trinajstić information content (AvgIpc) is 2.20. The van der Waals surface area contributed by atoms with E-state index in [-0.39, 0.29) is 0 Å². The molecular weight excluding hydrogens is 299 g/mol. The Labute approximate surface area is 105 Å². The highest BCUT2D eigenvalue weighted by Crippen LogP contribution is 2.35. The number of hydrogen-bond acceptors (Lipinski definition) is 2. The predicted octanol–water partition coefficient (Wildman–Crippen LogP) is 4.21. The van der Waals surface area contributed by atoms with E-state index in [1.807, 2.05) is 24.3 Å². The lowest BCUT2D eigenvalue weighted by molar-refractivity contribution is 1.17. The molecular formula is C10H5BrCl2N2. The summed E-state index contributed by atoms with van der Waals surface area (Å²) in [7, 11) is 0. The Morgan fingerprint density at radius 2 is 1.60 bits per heavy atom. The van der Waals surface area contributed by atoms with Crippen molar-refractivity contribution < 1.29 is 0 Å². The average molecular weight is 304 g/mol. The molecule has 1 heterocycles. The molecule has 2 rings (SSSR count). The number of halogens is 3. The highest BCUT2D eigenvalue weighted by molar-refractivity contribution is 9.10. The van der Waals surface area contributed by atoms with Crippen LogP contribution in [0.4, 0.5) is 0 Å². The molecule has 0 aliphatic carbocycles. The van der Waals surface area contributed by atoms with Crippen molar-refractivity contribution in [2.45, 2.75) is 0 Å². The monoisotopic (exact) mass is 302 g/mol. The second-order valence-electron chi connectivity index (χ2n) is 2.81. The van der Waals surface area contributed by atoms with Gasteiger partial charge in [-0.1, -0.05) is 57.3 Å². The van der Waals surface area contributed by atoms with Crippen molar-refractivity contribution in [2.75, 3.05) is 0 Å². The van der Waals surface area contributed by atoms with Crippen LogP contribution in [0.2, 0.25) is 10.3 Å². The van der Waals surface area contributed by atoms with Crippen LogP contribution in [0.25, 0.3) is 11.1 Å². The van der Waals surface area contributed by atoms with E-state index in [2.05, 4.69) is 25.9 Å². The Balaban J connectivity index is 2.69. The summed E-state index contributed by atoms with van der Waals surface area (Å²) < 4.78 is 0.906. The number of rotatable bonds is 1. The van der Waals surface area contributed by atoms with Gasteiger partial charge < -0.3 is 0 Å². The molecule has 1 aromatic carbocycles. The fourth-order valence-corrected chi connectivity index (χ4v) is 2.23. The molecule has 1 aromatic heterocycles. The van der Waals surface area contributed by atoms with Crippen LogP contribution in [-0.4, -0.2) is 9.97 Å². The quantitative estimate of drug-likeness (QED) is 0.737. The summed E-state index contributed by atoms with van der Waals surface area (Å²) in [4.78, 5) is 7.81. The first-order chi connectivity index (χ1) is 7.20. The summed E-state index contributed by atoms with van der Waals surface area (Å²) in [5.41, 5.74) is 1.53. The molecule has 2 aromatic rings. The minimum Gasteiger partial charge on any atom is -0.224 e. The fourth-order valence-electron chi connectivity index (χ4n) is 1.23. The van der Waals surface area contributed by atoms with Gasteiger partial charge in [-0.05, 0) is 6.07 Å². The molecule has 0 N–H and O–H groups in total. The normalized spacial score (nSPS) is 10.3.